The number of hydrogen-bond acceptors (Lipinski definition) is 6. The van der Waals surface area contributed by atoms with Gasteiger partial charge in [-0.05, 0) is 67.4 Å². The SMILES string of the molecule is CCOc1ccc(-c2ccc([C@@]3(CC(=O)O)CCN(C(=O)c4ccccc4)CCS3(=O)=O)s2)cc1. The van der Waals surface area contributed by atoms with Gasteiger partial charge >= 0.3 is 5.97 Å². The van der Waals surface area contributed by atoms with Crippen molar-refractivity contribution in [2.75, 3.05) is 25.4 Å². The van der Waals surface area contributed by atoms with Crippen LogP contribution in [-0.4, -0.2) is 55.7 Å². The Morgan fingerprint density at radius 1 is 1.03 bits per heavy atom. The van der Waals surface area contributed by atoms with E-state index >= 15 is 0 Å². The Morgan fingerprint density at radius 3 is 2.40 bits per heavy atom. The number of benzene rings is 2. The molecule has 1 saturated heterocycles. The molecule has 0 unspecified atom stereocenters. The van der Waals surface area contributed by atoms with E-state index in [2.05, 4.69) is 0 Å². The van der Waals surface area contributed by atoms with Gasteiger partial charge in [-0.1, -0.05) is 18.2 Å². The molecule has 9 heteroatoms. The molecule has 35 heavy (non-hydrogen) atoms. The summed E-state index contributed by atoms with van der Waals surface area (Å²) in [6, 6.07) is 19.7. The standard InChI is InChI=1S/C26H27NO6S2/c1-2-33-21-10-8-19(9-11-21)22-12-13-23(34-22)26(18-24(28)29)14-15-27(16-17-35(26,31)32)25(30)20-6-4-3-5-7-20/h3-13H,2,14-18H2,1H3,(H,28,29)/t26-/m0/s1. The lowest BCUT2D eigenvalue weighted by Crippen LogP contribution is -2.39. The lowest BCUT2D eigenvalue weighted by atomic mass is 9.97. The summed E-state index contributed by atoms with van der Waals surface area (Å²) < 4.78 is 31.1. The Labute approximate surface area is 208 Å². The first-order valence-corrected chi connectivity index (χ1v) is 13.8. The molecule has 0 bridgehead atoms. The lowest BCUT2D eigenvalue weighted by Gasteiger charge is -2.29. The van der Waals surface area contributed by atoms with E-state index in [0.29, 0.717) is 17.0 Å². The number of hydrogen-bond donors (Lipinski definition) is 1. The van der Waals surface area contributed by atoms with Gasteiger partial charge in [-0.25, -0.2) is 8.42 Å². The third-order valence-electron chi connectivity index (χ3n) is 6.26. The van der Waals surface area contributed by atoms with Crippen LogP contribution in [0.25, 0.3) is 10.4 Å². The normalized spacial score (nSPS) is 19.6. The van der Waals surface area contributed by atoms with Crippen LogP contribution in [0.4, 0.5) is 0 Å². The van der Waals surface area contributed by atoms with E-state index in [1.807, 2.05) is 37.3 Å². The number of amides is 1. The average Bonchev–Trinajstić information content (AvgIpc) is 3.30. The van der Waals surface area contributed by atoms with Gasteiger partial charge in [-0.15, -0.1) is 11.3 Å². The molecule has 1 amide bonds. The van der Waals surface area contributed by atoms with Crippen LogP contribution in [0.15, 0.2) is 66.7 Å². The summed E-state index contributed by atoms with van der Waals surface area (Å²) in [6.45, 7) is 2.63. The van der Waals surface area contributed by atoms with E-state index in [0.717, 1.165) is 16.2 Å². The van der Waals surface area contributed by atoms with Gasteiger partial charge in [0.1, 0.15) is 10.5 Å². The van der Waals surface area contributed by atoms with Gasteiger partial charge in [-0.2, -0.15) is 0 Å². The Balaban J connectivity index is 1.68. The van der Waals surface area contributed by atoms with Crippen molar-refractivity contribution in [3.05, 3.63) is 77.2 Å². The van der Waals surface area contributed by atoms with E-state index in [4.69, 9.17) is 4.74 Å². The molecule has 7 nitrogen and oxygen atoms in total. The second kappa shape index (κ2) is 10.2. The molecule has 4 rings (SSSR count). The summed E-state index contributed by atoms with van der Waals surface area (Å²) in [5.41, 5.74) is 1.37. The quantitative estimate of drug-likeness (QED) is 0.501. The van der Waals surface area contributed by atoms with E-state index in [1.165, 1.54) is 16.2 Å². The zero-order valence-electron chi connectivity index (χ0n) is 19.3. The molecule has 1 aliphatic rings. The molecule has 184 valence electrons. The van der Waals surface area contributed by atoms with Gasteiger partial charge in [0.05, 0.1) is 18.8 Å². The Morgan fingerprint density at radius 2 is 1.74 bits per heavy atom. The fourth-order valence-electron chi connectivity index (χ4n) is 4.40. The fourth-order valence-corrected chi connectivity index (χ4v) is 8.00. The minimum Gasteiger partial charge on any atom is -0.494 e. The first-order valence-electron chi connectivity index (χ1n) is 11.4. The molecule has 0 radical (unpaired) electrons. The summed E-state index contributed by atoms with van der Waals surface area (Å²) in [6.07, 6.45) is -0.532. The summed E-state index contributed by atoms with van der Waals surface area (Å²) in [7, 11) is -3.89. The number of rotatable bonds is 7. The molecule has 1 fully saturated rings. The Bertz CT molecular complexity index is 1300. The van der Waals surface area contributed by atoms with Crippen molar-refractivity contribution < 1.29 is 27.9 Å². The molecule has 0 saturated carbocycles. The van der Waals surface area contributed by atoms with Crippen LogP contribution in [0, 0.1) is 0 Å². The summed E-state index contributed by atoms with van der Waals surface area (Å²) in [5, 5.41) is 9.72. The molecule has 0 spiro atoms. The van der Waals surface area contributed by atoms with E-state index in [-0.39, 0.29) is 31.2 Å². The van der Waals surface area contributed by atoms with Crippen molar-refractivity contribution >= 4 is 33.1 Å². The molecule has 1 N–H and O–H groups in total. The second-order valence-electron chi connectivity index (χ2n) is 8.41. The number of ether oxygens (including phenoxy) is 1. The summed E-state index contributed by atoms with van der Waals surface area (Å²) >= 11 is 1.28. The van der Waals surface area contributed by atoms with Crippen molar-refractivity contribution in [2.24, 2.45) is 0 Å². The molecule has 1 aliphatic heterocycles. The van der Waals surface area contributed by atoms with Crippen LogP contribution < -0.4 is 4.74 Å². The number of carboxylic acids is 1. The highest BCUT2D eigenvalue weighted by atomic mass is 32.2. The summed E-state index contributed by atoms with van der Waals surface area (Å²) in [4.78, 5) is 27.7. The maximum absolute atomic E-state index is 13.6. The predicted octanol–water partition coefficient (Wildman–Crippen LogP) is 4.44. The van der Waals surface area contributed by atoms with Crippen molar-refractivity contribution in [3.63, 3.8) is 0 Å². The lowest BCUT2D eigenvalue weighted by molar-refractivity contribution is -0.137. The van der Waals surface area contributed by atoms with Gasteiger partial charge < -0.3 is 14.7 Å². The zero-order chi connectivity index (χ0) is 25.1. The van der Waals surface area contributed by atoms with E-state index in [9.17, 15) is 23.1 Å². The number of carbonyl (C=O) groups is 2. The van der Waals surface area contributed by atoms with Gasteiger partial charge in [0.2, 0.25) is 0 Å². The van der Waals surface area contributed by atoms with Gasteiger partial charge in [0, 0.05) is 28.4 Å². The molecular weight excluding hydrogens is 486 g/mol. The predicted molar refractivity (Wildman–Crippen MR) is 136 cm³/mol. The third-order valence-corrected chi connectivity index (χ3v) is 10.2. The molecule has 2 aromatic carbocycles. The van der Waals surface area contributed by atoms with Crippen LogP contribution in [-0.2, 0) is 19.4 Å². The highest BCUT2D eigenvalue weighted by Gasteiger charge is 2.50. The monoisotopic (exact) mass is 513 g/mol. The molecule has 3 aromatic rings. The van der Waals surface area contributed by atoms with Crippen LogP contribution in [0.5, 0.6) is 5.75 Å². The molecule has 2 heterocycles. The molecular formula is C26H27NO6S2. The minimum atomic E-state index is -3.89. The first kappa shape index (κ1) is 24.9. The minimum absolute atomic E-state index is 0.0173. The number of sulfone groups is 1. The number of carboxylic acid groups (broad SMARTS) is 1. The summed E-state index contributed by atoms with van der Waals surface area (Å²) in [5.74, 6) is -1.000. The Hall–Kier alpha value is -3.17. The maximum atomic E-state index is 13.6. The second-order valence-corrected chi connectivity index (χ2v) is 11.9. The number of aliphatic carboxylic acids is 1. The smallest absolute Gasteiger partial charge is 0.305 e. The molecule has 1 aromatic heterocycles. The van der Waals surface area contributed by atoms with Crippen LogP contribution in [0.2, 0.25) is 0 Å². The van der Waals surface area contributed by atoms with E-state index in [1.54, 1.807) is 36.4 Å². The highest BCUT2D eigenvalue weighted by Crippen LogP contribution is 2.45. The first-order chi connectivity index (χ1) is 16.8. The number of nitrogens with zero attached hydrogens (tertiary/aromatic N) is 1. The van der Waals surface area contributed by atoms with Crippen LogP contribution in [0.3, 0.4) is 0 Å². The molecule has 1 atom stereocenters. The Kier molecular flexibility index (Phi) is 7.28. The highest BCUT2D eigenvalue weighted by molar-refractivity contribution is 7.92. The average molecular weight is 514 g/mol. The fraction of sp³-hybridized carbons (Fsp3) is 0.308. The zero-order valence-corrected chi connectivity index (χ0v) is 21.0. The largest absolute Gasteiger partial charge is 0.494 e. The topological polar surface area (TPSA) is 101 Å². The van der Waals surface area contributed by atoms with Crippen LogP contribution in [0.1, 0.15) is 35.0 Å². The number of carbonyl (C=O) groups excluding carboxylic acids is 1. The van der Waals surface area contributed by atoms with Gasteiger partial charge in [0.15, 0.2) is 9.84 Å². The van der Waals surface area contributed by atoms with Gasteiger partial charge in [-0.3, -0.25) is 9.59 Å². The maximum Gasteiger partial charge on any atom is 0.305 e. The molecule has 0 aliphatic carbocycles. The number of thiophene rings is 1. The van der Waals surface area contributed by atoms with E-state index < -0.39 is 27.0 Å². The van der Waals surface area contributed by atoms with Gasteiger partial charge in [0.25, 0.3) is 5.91 Å². The van der Waals surface area contributed by atoms with Crippen molar-refractivity contribution in [2.45, 2.75) is 24.5 Å². The van der Waals surface area contributed by atoms with Crippen LogP contribution >= 0.6 is 11.3 Å². The van der Waals surface area contributed by atoms with Crippen molar-refractivity contribution in [1.82, 2.24) is 4.90 Å². The van der Waals surface area contributed by atoms with Crippen molar-refractivity contribution in [1.29, 1.82) is 0 Å². The third kappa shape index (κ3) is 5.11. The van der Waals surface area contributed by atoms with Crippen molar-refractivity contribution in [3.8, 4) is 16.2 Å².